The third kappa shape index (κ3) is 1.86. The molecule has 2 aliphatic rings. The first-order valence-corrected chi connectivity index (χ1v) is 5.27. The van der Waals surface area contributed by atoms with Gasteiger partial charge in [0.15, 0.2) is 0 Å². The largest absolute Gasteiger partial charge is 0.378 e. The highest BCUT2D eigenvalue weighted by atomic mass is 19.1. The van der Waals surface area contributed by atoms with Gasteiger partial charge in [-0.1, -0.05) is 13.3 Å². The van der Waals surface area contributed by atoms with Gasteiger partial charge in [-0.15, -0.1) is 0 Å². The lowest BCUT2D eigenvalue weighted by molar-refractivity contribution is -0.0855. The quantitative estimate of drug-likeness (QED) is 0.649. The van der Waals surface area contributed by atoms with E-state index in [9.17, 15) is 4.39 Å². The van der Waals surface area contributed by atoms with Gasteiger partial charge in [0, 0.05) is 6.54 Å². The minimum atomic E-state index is -0.612. The highest BCUT2D eigenvalue weighted by Crippen LogP contribution is 2.26. The van der Waals surface area contributed by atoms with Crippen LogP contribution in [-0.2, 0) is 4.74 Å². The number of ether oxygens (including phenoxy) is 1. The van der Waals surface area contributed by atoms with Gasteiger partial charge < -0.3 is 4.74 Å². The molecule has 2 nitrogen and oxygen atoms in total. The number of hydrogen-bond acceptors (Lipinski definition) is 2. The summed E-state index contributed by atoms with van der Waals surface area (Å²) in [6.07, 6.45) is 1.39. The third-order valence-electron chi connectivity index (χ3n) is 3.37. The molecule has 76 valence electrons. The maximum atomic E-state index is 13.5. The van der Waals surface area contributed by atoms with E-state index in [2.05, 4.69) is 11.8 Å². The van der Waals surface area contributed by atoms with E-state index in [0.717, 1.165) is 32.6 Å². The van der Waals surface area contributed by atoms with Gasteiger partial charge in [0.25, 0.3) is 0 Å². The second-order valence-electron chi connectivity index (χ2n) is 4.16. The number of nitrogens with zero attached hydrogens (tertiary/aromatic N) is 1. The maximum absolute atomic E-state index is 13.5. The van der Waals surface area contributed by atoms with Crippen LogP contribution in [0.5, 0.6) is 0 Å². The van der Waals surface area contributed by atoms with Crippen molar-refractivity contribution in [3.63, 3.8) is 0 Å². The van der Waals surface area contributed by atoms with E-state index in [-0.39, 0.29) is 0 Å². The van der Waals surface area contributed by atoms with E-state index in [4.69, 9.17) is 4.74 Å². The van der Waals surface area contributed by atoms with E-state index < -0.39 is 6.17 Å². The smallest absolute Gasteiger partial charge is 0.116 e. The minimum absolute atomic E-state index is 0.303. The van der Waals surface area contributed by atoms with Crippen molar-refractivity contribution in [2.75, 3.05) is 26.3 Å². The van der Waals surface area contributed by atoms with Crippen molar-refractivity contribution >= 4 is 0 Å². The fourth-order valence-corrected chi connectivity index (χ4v) is 2.20. The summed E-state index contributed by atoms with van der Waals surface area (Å²) >= 11 is 0. The van der Waals surface area contributed by atoms with E-state index in [1.165, 1.54) is 0 Å². The highest BCUT2D eigenvalue weighted by Gasteiger charge is 2.34. The molecule has 0 bridgehead atoms. The van der Waals surface area contributed by atoms with Crippen LogP contribution in [0.1, 0.15) is 19.8 Å². The Hall–Kier alpha value is -0.150. The Morgan fingerprint density at radius 1 is 1.46 bits per heavy atom. The Morgan fingerprint density at radius 2 is 2.23 bits per heavy atom. The lowest BCUT2D eigenvalue weighted by Crippen LogP contribution is -2.54. The zero-order valence-electron chi connectivity index (χ0n) is 8.21. The molecule has 0 radical (unpaired) electrons. The number of halogens is 1. The minimum Gasteiger partial charge on any atom is -0.378 e. The predicted octanol–water partition coefficient (Wildman–Crippen LogP) is 1.46. The van der Waals surface area contributed by atoms with Crippen molar-refractivity contribution in [3.8, 4) is 0 Å². The molecule has 0 N–H and O–H groups in total. The van der Waals surface area contributed by atoms with Gasteiger partial charge in [-0.2, -0.15) is 0 Å². The Balaban J connectivity index is 1.83. The van der Waals surface area contributed by atoms with Crippen LogP contribution in [0.15, 0.2) is 0 Å². The maximum Gasteiger partial charge on any atom is 0.116 e. The van der Waals surface area contributed by atoms with Crippen LogP contribution in [-0.4, -0.2) is 43.4 Å². The highest BCUT2D eigenvalue weighted by molar-refractivity contribution is 4.86. The Kier molecular flexibility index (Phi) is 2.84. The molecule has 13 heavy (non-hydrogen) atoms. The fraction of sp³-hybridized carbons (Fsp3) is 1.00. The van der Waals surface area contributed by atoms with Crippen molar-refractivity contribution < 1.29 is 9.13 Å². The molecule has 0 saturated carbocycles. The molecular weight excluding hydrogens is 169 g/mol. The first kappa shape index (κ1) is 9.41. The second-order valence-corrected chi connectivity index (χ2v) is 4.16. The monoisotopic (exact) mass is 187 g/mol. The summed E-state index contributed by atoms with van der Waals surface area (Å²) in [6.45, 7) is 5.39. The van der Waals surface area contributed by atoms with Crippen molar-refractivity contribution in [1.29, 1.82) is 0 Å². The van der Waals surface area contributed by atoms with E-state index >= 15 is 0 Å². The number of likely N-dealkylation sites (tertiary alicyclic amines) is 1. The van der Waals surface area contributed by atoms with Crippen LogP contribution in [0.25, 0.3) is 0 Å². The summed E-state index contributed by atoms with van der Waals surface area (Å²) in [5.74, 6) is 0.303. The molecule has 0 amide bonds. The van der Waals surface area contributed by atoms with E-state index in [0.29, 0.717) is 18.5 Å². The molecule has 2 fully saturated rings. The van der Waals surface area contributed by atoms with Crippen LogP contribution < -0.4 is 0 Å². The molecule has 0 aromatic carbocycles. The van der Waals surface area contributed by atoms with Gasteiger partial charge in [0.2, 0.25) is 0 Å². The summed E-state index contributed by atoms with van der Waals surface area (Å²) < 4.78 is 18.6. The van der Waals surface area contributed by atoms with Gasteiger partial charge in [-0.05, 0) is 18.9 Å². The Morgan fingerprint density at radius 3 is 2.69 bits per heavy atom. The van der Waals surface area contributed by atoms with Crippen LogP contribution >= 0.6 is 0 Å². The molecule has 2 saturated heterocycles. The summed E-state index contributed by atoms with van der Waals surface area (Å²) in [5.41, 5.74) is 0. The SMILES string of the molecule is CC[C@H]1CCN(C2COC2)C[C@@H]1F. The molecule has 0 aliphatic carbocycles. The van der Waals surface area contributed by atoms with Gasteiger partial charge in [-0.3, -0.25) is 4.90 Å². The average molecular weight is 187 g/mol. The summed E-state index contributed by atoms with van der Waals surface area (Å²) in [7, 11) is 0. The topological polar surface area (TPSA) is 12.5 Å². The van der Waals surface area contributed by atoms with Gasteiger partial charge in [0.05, 0.1) is 19.3 Å². The zero-order chi connectivity index (χ0) is 9.26. The number of rotatable bonds is 2. The molecular formula is C10H18FNO. The molecule has 3 heteroatoms. The third-order valence-corrected chi connectivity index (χ3v) is 3.37. The Labute approximate surface area is 79.1 Å². The van der Waals surface area contributed by atoms with Crippen molar-refractivity contribution in [1.82, 2.24) is 4.90 Å². The zero-order valence-corrected chi connectivity index (χ0v) is 8.21. The first-order valence-electron chi connectivity index (χ1n) is 5.27. The number of alkyl halides is 1. The standard InChI is InChI=1S/C10H18FNO/c1-2-8-3-4-12(5-10(8)11)9-6-13-7-9/h8-10H,2-7H2,1H3/t8-,10-/m0/s1. The second kappa shape index (κ2) is 3.93. The normalized spacial score (nSPS) is 37.4. The van der Waals surface area contributed by atoms with E-state index in [1.54, 1.807) is 0 Å². The molecule has 2 atom stereocenters. The Bertz CT molecular complexity index is 172. The number of piperidine rings is 1. The molecule has 2 rings (SSSR count). The van der Waals surface area contributed by atoms with Crippen LogP contribution in [0.2, 0.25) is 0 Å². The molecule has 0 unspecified atom stereocenters. The van der Waals surface area contributed by atoms with E-state index in [1.807, 2.05) is 0 Å². The van der Waals surface area contributed by atoms with Crippen LogP contribution in [0.3, 0.4) is 0 Å². The molecule has 0 spiro atoms. The summed E-state index contributed by atoms with van der Waals surface area (Å²) in [5, 5.41) is 0. The van der Waals surface area contributed by atoms with Crippen molar-refractivity contribution in [2.24, 2.45) is 5.92 Å². The lowest BCUT2D eigenvalue weighted by atomic mass is 9.91. The van der Waals surface area contributed by atoms with Gasteiger partial charge in [-0.25, -0.2) is 4.39 Å². The molecule has 0 aromatic rings. The van der Waals surface area contributed by atoms with Crippen LogP contribution in [0.4, 0.5) is 4.39 Å². The van der Waals surface area contributed by atoms with Gasteiger partial charge in [0.1, 0.15) is 6.17 Å². The first-order chi connectivity index (χ1) is 6.31. The lowest BCUT2D eigenvalue weighted by Gasteiger charge is -2.42. The average Bonchev–Trinajstić information content (AvgIpc) is 2.01. The van der Waals surface area contributed by atoms with Crippen molar-refractivity contribution in [3.05, 3.63) is 0 Å². The molecule has 2 aliphatic heterocycles. The van der Waals surface area contributed by atoms with Gasteiger partial charge >= 0.3 is 0 Å². The fourth-order valence-electron chi connectivity index (χ4n) is 2.20. The summed E-state index contributed by atoms with van der Waals surface area (Å²) in [4.78, 5) is 2.25. The predicted molar refractivity (Wildman–Crippen MR) is 49.5 cm³/mol. The van der Waals surface area contributed by atoms with Crippen molar-refractivity contribution in [2.45, 2.75) is 32.0 Å². The van der Waals surface area contributed by atoms with Crippen LogP contribution in [0, 0.1) is 5.92 Å². The summed E-state index contributed by atoms with van der Waals surface area (Å²) in [6, 6.07) is 0.510. The molecule has 0 aromatic heterocycles. The number of hydrogen-bond donors (Lipinski definition) is 0. The molecule has 2 heterocycles.